The number of benzene rings is 1. The number of ketones is 1. The van der Waals surface area contributed by atoms with Crippen molar-refractivity contribution < 1.29 is 14.3 Å². The maximum atomic E-state index is 12.9. The van der Waals surface area contributed by atoms with Crippen molar-refractivity contribution >= 4 is 16.7 Å². The summed E-state index contributed by atoms with van der Waals surface area (Å²) >= 11 is 0. The molecule has 0 aliphatic carbocycles. The van der Waals surface area contributed by atoms with E-state index in [1.807, 2.05) is 6.07 Å². The number of Topliss-reactive ketones (excluding diaryl/α,β-unsaturated/α-hetero) is 1. The Bertz CT molecular complexity index is 876. The van der Waals surface area contributed by atoms with Gasteiger partial charge in [0.15, 0.2) is 11.5 Å². The van der Waals surface area contributed by atoms with Crippen molar-refractivity contribution in [3.05, 3.63) is 65.4 Å². The van der Waals surface area contributed by atoms with Crippen LogP contribution in [0.4, 0.5) is 4.39 Å². The van der Waals surface area contributed by atoms with E-state index in [2.05, 4.69) is 9.97 Å². The Morgan fingerprint density at radius 1 is 1.13 bits per heavy atom. The second-order valence-corrected chi connectivity index (χ2v) is 5.32. The molecule has 0 bridgehead atoms. The molecular formula is C18H15FN2O2. The zero-order valence-electron chi connectivity index (χ0n) is 12.6. The van der Waals surface area contributed by atoms with Crippen LogP contribution in [0.1, 0.15) is 35.0 Å². The van der Waals surface area contributed by atoms with Gasteiger partial charge in [0.25, 0.3) is 0 Å². The van der Waals surface area contributed by atoms with Crippen molar-refractivity contribution in [2.45, 2.75) is 19.8 Å². The summed E-state index contributed by atoms with van der Waals surface area (Å²) in [7, 11) is 0. The first-order chi connectivity index (χ1) is 11.1. The highest BCUT2D eigenvalue weighted by Crippen LogP contribution is 2.27. The summed E-state index contributed by atoms with van der Waals surface area (Å²) < 4.78 is 12.9. The molecule has 4 nitrogen and oxygen atoms in total. The molecule has 0 radical (unpaired) electrons. The number of aromatic hydroxyl groups is 1. The minimum absolute atomic E-state index is 0.0544. The van der Waals surface area contributed by atoms with E-state index in [-0.39, 0.29) is 29.5 Å². The van der Waals surface area contributed by atoms with Gasteiger partial charge in [0.2, 0.25) is 0 Å². The number of fused-ring (bicyclic) bond motifs is 1. The van der Waals surface area contributed by atoms with Crippen LogP contribution in [0.15, 0.2) is 42.7 Å². The smallest absolute Gasteiger partial charge is 0.184 e. The van der Waals surface area contributed by atoms with E-state index < -0.39 is 0 Å². The van der Waals surface area contributed by atoms with Crippen LogP contribution < -0.4 is 0 Å². The lowest BCUT2D eigenvalue weighted by molar-refractivity contribution is 0.0981. The fourth-order valence-electron chi connectivity index (χ4n) is 2.44. The van der Waals surface area contributed by atoms with Gasteiger partial charge in [-0.3, -0.25) is 9.78 Å². The molecular weight excluding hydrogens is 295 g/mol. The number of halogens is 1. The van der Waals surface area contributed by atoms with Gasteiger partial charge in [0, 0.05) is 24.2 Å². The number of nitrogens with zero attached hydrogens (tertiary/aromatic N) is 2. The van der Waals surface area contributed by atoms with Crippen LogP contribution in [0.2, 0.25) is 0 Å². The monoisotopic (exact) mass is 310 g/mol. The van der Waals surface area contributed by atoms with E-state index in [0.717, 1.165) is 11.1 Å². The largest absolute Gasteiger partial charge is 0.504 e. The minimum Gasteiger partial charge on any atom is -0.504 e. The van der Waals surface area contributed by atoms with Crippen LogP contribution in [0.25, 0.3) is 10.9 Å². The Labute approximate surface area is 132 Å². The quantitative estimate of drug-likeness (QED) is 0.747. The van der Waals surface area contributed by atoms with Crippen molar-refractivity contribution in [2.24, 2.45) is 0 Å². The Morgan fingerprint density at radius 2 is 1.87 bits per heavy atom. The van der Waals surface area contributed by atoms with E-state index >= 15 is 0 Å². The van der Waals surface area contributed by atoms with Gasteiger partial charge in [-0.2, -0.15) is 0 Å². The van der Waals surface area contributed by atoms with E-state index in [9.17, 15) is 14.3 Å². The highest BCUT2D eigenvalue weighted by atomic mass is 19.1. The van der Waals surface area contributed by atoms with Gasteiger partial charge in [-0.05, 0) is 35.7 Å². The van der Waals surface area contributed by atoms with Crippen molar-refractivity contribution in [1.29, 1.82) is 0 Å². The van der Waals surface area contributed by atoms with E-state index in [0.29, 0.717) is 17.3 Å². The predicted octanol–water partition coefficient (Wildman–Crippen LogP) is 3.66. The highest BCUT2D eigenvalue weighted by Gasteiger charge is 2.15. The van der Waals surface area contributed by atoms with Crippen molar-refractivity contribution in [3.8, 4) is 5.75 Å². The second kappa shape index (κ2) is 6.12. The summed E-state index contributed by atoms with van der Waals surface area (Å²) in [4.78, 5) is 20.0. The Balaban J connectivity index is 1.96. The number of hydrogen-bond donors (Lipinski definition) is 1. The first kappa shape index (κ1) is 15.1. The fraction of sp³-hybridized carbons (Fsp3) is 0.167. The van der Waals surface area contributed by atoms with Gasteiger partial charge in [0.05, 0.1) is 0 Å². The first-order valence-corrected chi connectivity index (χ1v) is 7.32. The van der Waals surface area contributed by atoms with Gasteiger partial charge in [-0.15, -0.1) is 0 Å². The van der Waals surface area contributed by atoms with E-state index in [4.69, 9.17) is 0 Å². The molecule has 3 aromatic rings. The van der Waals surface area contributed by atoms with E-state index in [1.165, 1.54) is 12.1 Å². The van der Waals surface area contributed by atoms with Gasteiger partial charge < -0.3 is 5.11 Å². The molecule has 0 saturated heterocycles. The van der Waals surface area contributed by atoms with Crippen molar-refractivity contribution in [2.75, 3.05) is 0 Å². The Morgan fingerprint density at radius 3 is 2.57 bits per heavy atom. The summed E-state index contributed by atoms with van der Waals surface area (Å²) in [6, 6.07) is 8.13. The van der Waals surface area contributed by atoms with Crippen LogP contribution in [-0.2, 0) is 6.42 Å². The average Bonchev–Trinajstić information content (AvgIpc) is 2.56. The van der Waals surface area contributed by atoms with Crippen LogP contribution >= 0.6 is 0 Å². The van der Waals surface area contributed by atoms with Crippen LogP contribution in [0, 0.1) is 5.82 Å². The molecule has 0 atom stereocenters. The number of aromatic nitrogens is 2. The number of rotatable bonds is 4. The SMILES string of the molecule is CCC(=O)c1ncc2cc(Cc3ccc(F)cc3)cnc2c1O. The Kier molecular flexibility index (Phi) is 4.02. The highest BCUT2D eigenvalue weighted by molar-refractivity contribution is 6.01. The van der Waals surface area contributed by atoms with Crippen LogP contribution in [0.5, 0.6) is 5.75 Å². The van der Waals surface area contributed by atoms with Gasteiger partial charge in [0.1, 0.15) is 17.0 Å². The van der Waals surface area contributed by atoms with Gasteiger partial charge >= 0.3 is 0 Å². The molecule has 0 aliphatic heterocycles. The molecule has 0 amide bonds. The van der Waals surface area contributed by atoms with Crippen molar-refractivity contribution in [1.82, 2.24) is 9.97 Å². The zero-order chi connectivity index (χ0) is 16.4. The second-order valence-electron chi connectivity index (χ2n) is 5.32. The normalized spacial score (nSPS) is 10.9. The molecule has 116 valence electrons. The summed E-state index contributed by atoms with van der Waals surface area (Å²) in [5.41, 5.74) is 2.29. The fourth-order valence-corrected chi connectivity index (χ4v) is 2.44. The lowest BCUT2D eigenvalue weighted by Crippen LogP contribution is -2.02. The lowest BCUT2D eigenvalue weighted by Gasteiger charge is -2.07. The maximum absolute atomic E-state index is 12.9. The Hall–Kier alpha value is -2.82. The molecule has 5 heteroatoms. The van der Waals surface area contributed by atoms with Crippen LogP contribution in [-0.4, -0.2) is 20.9 Å². The molecule has 2 aromatic heterocycles. The van der Waals surface area contributed by atoms with Crippen LogP contribution in [0.3, 0.4) is 0 Å². The molecule has 0 unspecified atom stereocenters. The molecule has 1 aromatic carbocycles. The van der Waals surface area contributed by atoms with Gasteiger partial charge in [-0.1, -0.05) is 19.1 Å². The van der Waals surface area contributed by atoms with Crippen molar-refractivity contribution in [3.63, 3.8) is 0 Å². The third-order valence-electron chi connectivity index (χ3n) is 3.66. The third kappa shape index (κ3) is 3.04. The van der Waals surface area contributed by atoms with Gasteiger partial charge in [-0.25, -0.2) is 9.37 Å². The maximum Gasteiger partial charge on any atom is 0.184 e. The number of pyridine rings is 2. The molecule has 0 aliphatic rings. The number of carbonyl (C=O) groups is 1. The minimum atomic E-state index is -0.271. The molecule has 0 saturated carbocycles. The molecule has 3 rings (SSSR count). The first-order valence-electron chi connectivity index (χ1n) is 7.32. The van der Waals surface area contributed by atoms with E-state index in [1.54, 1.807) is 31.5 Å². The molecule has 0 spiro atoms. The standard InChI is InChI=1S/C18H15FN2O2/c1-2-15(22)17-18(23)16-13(10-21-17)8-12(9-20-16)7-11-3-5-14(19)6-4-11/h3-6,8-10,23H,2,7H2,1H3. The predicted molar refractivity (Wildman–Crippen MR) is 85.0 cm³/mol. The summed E-state index contributed by atoms with van der Waals surface area (Å²) in [6.07, 6.45) is 4.05. The molecule has 1 N–H and O–H groups in total. The molecule has 2 heterocycles. The lowest BCUT2D eigenvalue weighted by atomic mass is 10.0. The molecule has 0 fully saturated rings. The average molecular weight is 310 g/mol. The summed E-state index contributed by atoms with van der Waals surface area (Å²) in [5.74, 6) is -0.670. The topological polar surface area (TPSA) is 63.1 Å². The summed E-state index contributed by atoms with van der Waals surface area (Å²) in [5, 5.41) is 10.8. The molecule has 23 heavy (non-hydrogen) atoms. The number of carbonyl (C=O) groups excluding carboxylic acids is 1. The number of hydrogen-bond acceptors (Lipinski definition) is 4. The summed E-state index contributed by atoms with van der Waals surface area (Å²) in [6.45, 7) is 1.72. The third-order valence-corrected chi connectivity index (χ3v) is 3.66. The zero-order valence-corrected chi connectivity index (χ0v) is 12.6.